The van der Waals surface area contributed by atoms with Crippen LogP contribution < -0.4 is 13.9 Å². The van der Waals surface area contributed by atoms with Crippen molar-refractivity contribution in [2.75, 3.05) is 47.9 Å². The lowest BCUT2D eigenvalue weighted by Gasteiger charge is -2.29. The fourth-order valence-electron chi connectivity index (χ4n) is 3.50. The molecule has 0 aromatic heterocycles. The summed E-state index contributed by atoms with van der Waals surface area (Å²) < 4.78 is 42.7. The third-order valence-corrected chi connectivity index (χ3v) is 6.93. The molecule has 1 N–H and O–H groups in total. The molecular formula is C18H22Cl3FN4O2S. The molecule has 0 unspecified atom stereocenters. The van der Waals surface area contributed by atoms with Gasteiger partial charge in [0.05, 0.1) is 22.1 Å². The van der Waals surface area contributed by atoms with E-state index in [-0.39, 0.29) is 35.5 Å². The Labute approximate surface area is 187 Å². The highest BCUT2D eigenvalue weighted by Crippen LogP contribution is 2.46. The minimum Gasteiger partial charge on any atom is -0.314 e. The van der Waals surface area contributed by atoms with Crippen molar-refractivity contribution < 1.29 is 12.8 Å². The third kappa shape index (κ3) is 4.57. The van der Waals surface area contributed by atoms with Crippen LogP contribution in [0.25, 0.3) is 0 Å². The Hall–Kier alpha value is -1.29. The zero-order valence-electron chi connectivity index (χ0n) is 15.4. The first-order valence-corrected chi connectivity index (χ1v) is 10.6. The van der Waals surface area contributed by atoms with Crippen LogP contribution in [-0.2, 0) is 10.2 Å². The summed E-state index contributed by atoms with van der Waals surface area (Å²) in [5.41, 5.74) is 1.37. The van der Waals surface area contributed by atoms with E-state index in [1.54, 1.807) is 18.2 Å². The van der Waals surface area contributed by atoms with Gasteiger partial charge in [-0.3, -0.25) is 4.90 Å². The van der Waals surface area contributed by atoms with Gasteiger partial charge in [-0.15, -0.1) is 24.8 Å². The van der Waals surface area contributed by atoms with Gasteiger partial charge < -0.3 is 5.32 Å². The number of hydrogen-bond acceptors (Lipinski definition) is 4. The SMILES string of the molecule is Cl.Cl.O=S1(=O)N(CCN2CCNCC2)c2ccccc2N1c1ccc(F)cc1Cl. The number of nitrogens with zero attached hydrogens (tertiary/aromatic N) is 3. The first-order valence-electron chi connectivity index (χ1n) is 8.78. The molecule has 160 valence electrons. The molecule has 0 bridgehead atoms. The molecule has 1 saturated heterocycles. The number of nitrogens with one attached hydrogen (secondary N) is 1. The summed E-state index contributed by atoms with van der Waals surface area (Å²) in [6.45, 7) is 4.57. The van der Waals surface area contributed by atoms with Gasteiger partial charge in [0.1, 0.15) is 5.82 Å². The van der Waals surface area contributed by atoms with Crippen LogP contribution >= 0.6 is 36.4 Å². The summed E-state index contributed by atoms with van der Waals surface area (Å²) in [7, 11) is -3.86. The molecule has 11 heteroatoms. The minimum atomic E-state index is -3.86. The number of piperazine rings is 1. The highest BCUT2D eigenvalue weighted by molar-refractivity contribution is 7.95. The summed E-state index contributed by atoms with van der Waals surface area (Å²) in [5.74, 6) is -0.510. The lowest BCUT2D eigenvalue weighted by atomic mass is 10.2. The lowest BCUT2D eigenvalue weighted by Crippen LogP contribution is -2.47. The number of halogens is 4. The van der Waals surface area contributed by atoms with Gasteiger partial charge in [-0.05, 0) is 30.3 Å². The van der Waals surface area contributed by atoms with Crippen LogP contribution in [0.4, 0.5) is 21.5 Å². The number of benzene rings is 2. The molecule has 1 fully saturated rings. The molecule has 0 spiro atoms. The number of para-hydroxylation sites is 2. The molecule has 0 atom stereocenters. The summed E-state index contributed by atoms with van der Waals surface area (Å²) >= 11 is 6.17. The molecule has 4 rings (SSSR count). The Morgan fingerprint density at radius 1 is 0.966 bits per heavy atom. The van der Waals surface area contributed by atoms with Crippen LogP contribution in [0.3, 0.4) is 0 Å². The van der Waals surface area contributed by atoms with E-state index in [0.717, 1.165) is 32.2 Å². The molecule has 0 radical (unpaired) electrons. The molecule has 0 saturated carbocycles. The molecule has 2 aliphatic heterocycles. The van der Waals surface area contributed by atoms with Crippen molar-refractivity contribution in [3.05, 3.63) is 53.3 Å². The van der Waals surface area contributed by atoms with Gasteiger partial charge in [-0.1, -0.05) is 23.7 Å². The molecule has 2 aliphatic rings. The molecule has 6 nitrogen and oxygen atoms in total. The van der Waals surface area contributed by atoms with E-state index in [1.807, 2.05) is 6.07 Å². The van der Waals surface area contributed by atoms with Crippen molar-refractivity contribution in [2.45, 2.75) is 0 Å². The quantitative estimate of drug-likeness (QED) is 0.724. The first-order chi connectivity index (χ1) is 13.0. The molecule has 2 aromatic rings. The van der Waals surface area contributed by atoms with E-state index in [9.17, 15) is 12.8 Å². The number of rotatable bonds is 4. The Morgan fingerprint density at radius 2 is 1.62 bits per heavy atom. The fraction of sp³-hybridized carbons (Fsp3) is 0.333. The smallest absolute Gasteiger partial charge is 0.314 e. The van der Waals surface area contributed by atoms with E-state index < -0.39 is 16.0 Å². The molecular weight excluding hydrogens is 462 g/mol. The number of anilines is 3. The van der Waals surface area contributed by atoms with Crippen LogP contribution in [-0.4, -0.2) is 52.6 Å². The molecule has 0 aliphatic carbocycles. The minimum absolute atomic E-state index is 0. The van der Waals surface area contributed by atoms with Gasteiger partial charge in [0.25, 0.3) is 0 Å². The highest BCUT2D eigenvalue weighted by atomic mass is 35.5. The Bertz CT molecular complexity index is 958. The number of hydrogen-bond donors (Lipinski definition) is 1. The Kier molecular flexibility index (Phi) is 8.00. The predicted molar refractivity (Wildman–Crippen MR) is 120 cm³/mol. The van der Waals surface area contributed by atoms with Crippen LogP contribution in [0, 0.1) is 5.82 Å². The second-order valence-electron chi connectivity index (χ2n) is 6.52. The zero-order chi connectivity index (χ0) is 19.0. The van der Waals surface area contributed by atoms with Crippen molar-refractivity contribution >= 4 is 63.7 Å². The maximum atomic E-state index is 13.5. The Balaban J connectivity index is 0.00000150. The standard InChI is InChI=1S/C18H20ClFN4O2S.2ClH/c19-15-13-14(20)5-6-16(15)24-18-4-2-1-3-17(18)23(27(24,25)26)12-11-22-9-7-21-8-10-22;;/h1-6,13,21H,7-12H2;2*1H. The second kappa shape index (κ2) is 9.68. The lowest BCUT2D eigenvalue weighted by molar-refractivity contribution is 0.248. The zero-order valence-corrected chi connectivity index (χ0v) is 18.6. The van der Waals surface area contributed by atoms with Gasteiger partial charge in [-0.2, -0.15) is 8.42 Å². The number of fused-ring (bicyclic) bond motifs is 1. The monoisotopic (exact) mass is 482 g/mol. The van der Waals surface area contributed by atoms with Crippen LogP contribution in [0.1, 0.15) is 0 Å². The molecule has 2 aromatic carbocycles. The van der Waals surface area contributed by atoms with E-state index >= 15 is 0 Å². The normalized spacial score (nSPS) is 18.0. The van der Waals surface area contributed by atoms with Crippen LogP contribution in [0.15, 0.2) is 42.5 Å². The molecule has 2 heterocycles. The maximum absolute atomic E-state index is 13.5. The van der Waals surface area contributed by atoms with Crippen molar-refractivity contribution in [3.8, 4) is 0 Å². The van der Waals surface area contributed by atoms with Crippen molar-refractivity contribution in [1.29, 1.82) is 0 Å². The van der Waals surface area contributed by atoms with Gasteiger partial charge in [0.15, 0.2) is 0 Å². The average molecular weight is 484 g/mol. The van der Waals surface area contributed by atoms with Gasteiger partial charge in [0.2, 0.25) is 0 Å². The highest BCUT2D eigenvalue weighted by Gasteiger charge is 2.41. The first kappa shape index (κ1) is 24.0. The third-order valence-electron chi connectivity index (χ3n) is 4.84. The van der Waals surface area contributed by atoms with Crippen molar-refractivity contribution in [1.82, 2.24) is 10.2 Å². The fourth-order valence-corrected chi connectivity index (χ4v) is 5.52. The van der Waals surface area contributed by atoms with E-state index in [4.69, 9.17) is 11.6 Å². The predicted octanol–water partition coefficient (Wildman–Crippen LogP) is 3.43. The maximum Gasteiger partial charge on any atom is 0.331 e. The van der Waals surface area contributed by atoms with Gasteiger partial charge in [-0.25, -0.2) is 13.0 Å². The second-order valence-corrected chi connectivity index (χ2v) is 8.63. The molecule has 29 heavy (non-hydrogen) atoms. The summed E-state index contributed by atoms with van der Waals surface area (Å²) in [6, 6.07) is 10.8. The van der Waals surface area contributed by atoms with Gasteiger partial charge in [0, 0.05) is 39.3 Å². The van der Waals surface area contributed by atoms with Gasteiger partial charge >= 0.3 is 10.2 Å². The Morgan fingerprint density at radius 3 is 2.28 bits per heavy atom. The van der Waals surface area contributed by atoms with E-state index in [1.165, 1.54) is 20.7 Å². The van der Waals surface area contributed by atoms with E-state index in [0.29, 0.717) is 24.5 Å². The average Bonchev–Trinajstić information content (AvgIpc) is 2.87. The van der Waals surface area contributed by atoms with Crippen molar-refractivity contribution in [3.63, 3.8) is 0 Å². The molecule has 0 amide bonds. The van der Waals surface area contributed by atoms with Crippen LogP contribution in [0.5, 0.6) is 0 Å². The summed E-state index contributed by atoms with van der Waals surface area (Å²) in [6.07, 6.45) is 0. The summed E-state index contributed by atoms with van der Waals surface area (Å²) in [4.78, 5) is 2.24. The van der Waals surface area contributed by atoms with Crippen molar-refractivity contribution in [2.24, 2.45) is 0 Å². The summed E-state index contributed by atoms with van der Waals surface area (Å²) in [5, 5.41) is 3.34. The van der Waals surface area contributed by atoms with E-state index in [2.05, 4.69) is 10.2 Å². The largest absolute Gasteiger partial charge is 0.331 e. The topological polar surface area (TPSA) is 55.9 Å². The van der Waals surface area contributed by atoms with Crippen LogP contribution in [0.2, 0.25) is 5.02 Å².